The van der Waals surface area contributed by atoms with Gasteiger partial charge < -0.3 is 15.4 Å². The third kappa shape index (κ3) is 4.61. The Morgan fingerprint density at radius 3 is 2.94 bits per heavy atom. The van der Waals surface area contributed by atoms with E-state index in [2.05, 4.69) is 9.88 Å². The molecule has 4 nitrogen and oxygen atoms in total. The number of anilines is 1. The molecule has 1 aromatic heterocycles. The van der Waals surface area contributed by atoms with Gasteiger partial charge >= 0.3 is 0 Å². The highest BCUT2D eigenvalue weighted by atomic mass is 35.5. The van der Waals surface area contributed by atoms with Crippen molar-refractivity contribution in [1.82, 2.24) is 4.98 Å². The van der Waals surface area contributed by atoms with Gasteiger partial charge in [0.05, 0.1) is 11.6 Å². The molecule has 16 heavy (non-hydrogen) atoms. The van der Waals surface area contributed by atoms with Gasteiger partial charge in [0.25, 0.3) is 0 Å². The first-order valence-corrected chi connectivity index (χ1v) is 6.43. The Balaban J connectivity index is 2.59. The molecule has 0 saturated heterocycles. The van der Waals surface area contributed by atoms with Crippen molar-refractivity contribution in [2.24, 2.45) is 5.73 Å². The predicted octanol–water partition coefficient (Wildman–Crippen LogP) is 1.93. The van der Waals surface area contributed by atoms with Gasteiger partial charge in [0, 0.05) is 32.0 Å². The molecule has 0 aliphatic heterocycles. The fraction of sp³-hybridized carbons (Fsp3) is 0.556. The van der Waals surface area contributed by atoms with E-state index in [1.807, 2.05) is 0 Å². The zero-order chi connectivity index (χ0) is 12.0. The lowest BCUT2D eigenvalue weighted by Crippen LogP contribution is -2.30. The summed E-state index contributed by atoms with van der Waals surface area (Å²) >= 11 is 12.2. The zero-order valence-electron chi connectivity index (χ0n) is 8.98. The maximum Gasteiger partial charge on any atom is 0.186 e. The summed E-state index contributed by atoms with van der Waals surface area (Å²) in [5.41, 5.74) is 5.48. The van der Waals surface area contributed by atoms with E-state index in [1.54, 1.807) is 12.5 Å². The van der Waals surface area contributed by atoms with E-state index < -0.39 is 0 Å². The first kappa shape index (κ1) is 13.6. The van der Waals surface area contributed by atoms with Gasteiger partial charge in [0.2, 0.25) is 0 Å². The van der Waals surface area contributed by atoms with Crippen molar-refractivity contribution in [1.29, 1.82) is 0 Å². The van der Waals surface area contributed by atoms with Crippen LogP contribution in [0.25, 0.3) is 0 Å². The van der Waals surface area contributed by atoms with Crippen molar-refractivity contribution in [3.63, 3.8) is 0 Å². The summed E-state index contributed by atoms with van der Waals surface area (Å²) in [4.78, 5) is 6.79. The van der Waals surface area contributed by atoms with Gasteiger partial charge in [0.15, 0.2) is 5.13 Å². The Labute approximate surface area is 109 Å². The molecule has 1 heterocycles. The van der Waals surface area contributed by atoms with Crippen LogP contribution in [0.1, 0.15) is 6.42 Å². The highest BCUT2D eigenvalue weighted by Gasteiger charge is 2.10. The summed E-state index contributed by atoms with van der Waals surface area (Å²) < 4.78 is 5.05. The van der Waals surface area contributed by atoms with Gasteiger partial charge in [0.1, 0.15) is 5.15 Å². The number of nitrogens with two attached hydrogens (primary N) is 1. The van der Waals surface area contributed by atoms with Gasteiger partial charge in [-0.1, -0.05) is 23.8 Å². The summed E-state index contributed by atoms with van der Waals surface area (Å²) in [6.45, 7) is 2.13. The molecule has 2 N–H and O–H groups in total. The van der Waals surface area contributed by atoms with Crippen LogP contribution < -0.4 is 10.6 Å². The fourth-order valence-corrected chi connectivity index (χ4v) is 2.23. The normalized spacial score (nSPS) is 10.4. The first-order valence-electron chi connectivity index (χ1n) is 4.76. The van der Waals surface area contributed by atoms with Gasteiger partial charge in [-0.3, -0.25) is 0 Å². The number of thiocarbonyl (C=S) groups is 1. The van der Waals surface area contributed by atoms with Crippen molar-refractivity contribution in [2.45, 2.75) is 6.42 Å². The van der Waals surface area contributed by atoms with E-state index in [9.17, 15) is 0 Å². The van der Waals surface area contributed by atoms with Crippen molar-refractivity contribution < 1.29 is 4.74 Å². The molecular weight excluding hydrogens is 266 g/mol. The van der Waals surface area contributed by atoms with E-state index in [4.69, 9.17) is 34.3 Å². The van der Waals surface area contributed by atoms with Crippen LogP contribution in [0.2, 0.25) is 5.15 Å². The van der Waals surface area contributed by atoms with E-state index in [0.29, 0.717) is 23.2 Å². The third-order valence-electron chi connectivity index (χ3n) is 1.93. The van der Waals surface area contributed by atoms with Crippen LogP contribution in [-0.4, -0.2) is 36.8 Å². The smallest absolute Gasteiger partial charge is 0.186 e. The van der Waals surface area contributed by atoms with Crippen LogP contribution in [0.15, 0.2) is 5.38 Å². The molecule has 0 aromatic carbocycles. The molecule has 0 amide bonds. The molecule has 0 unspecified atom stereocenters. The monoisotopic (exact) mass is 279 g/mol. The maximum absolute atomic E-state index is 5.79. The lowest BCUT2D eigenvalue weighted by atomic mass is 10.4. The molecule has 0 aliphatic carbocycles. The second kappa shape index (κ2) is 7.01. The topological polar surface area (TPSA) is 51.4 Å². The number of rotatable bonds is 7. The number of thiazole rings is 1. The molecule has 1 rings (SSSR count). The Morgan fingerprint density at radius 2 is 2.44 bits per heavy atom. The molecule has 0 atom stereocenters. The summed E-state index contributed by atoms with van der Waals surface area (Å²) in [5, 5.41) is 3.19. The van der Waals surface area contributed by atoms with Crippen LogP contribution in [0.3, 0.4) is 0 Å². The number of ether oxygens (including phenoxy) is 1. The molecule has 0 aliphatic rings. The predicted molar refractivity (Wildman–Crippen MR) is 72.6 cm³/mol. The minimum Gasteiger partial charge on any atom is -0.393 e. The van der Waals surface area contributed by atoms with E-state index >= 15 is 0 Å². The summed E-state index contributed by atoms with van der Waals surface area (Å²) in [7, 11) is 1.67. The minimum absolute atomic E-state index is 0.505. The largest absolute Gasteiger partial charge is 0.393 e. The van der Waals surface area contributed by atoms with Crippen molar-refractivity contribution in [3.05, 3.63) is 10.5 Å². The van der Waals surface area contributed by atoms with Crippen molar-refractivity contribution in [2.75, 3.05) is 31.7 Å². The second-order valence-electron chi connectivity index (χ2n) is 3.15. The van der Waals surface area contributed by atoms with Crippen LogP contribution in [-0.2, 0) is 4.74 Å². The summed E-state index contributed by atoms with van der Waals surface area (Å²) in [6, 6.07) is 0. The average molecular weight is 280 g/mol. The number of aromatic nitrogens is 1. The molecule has 0 radical (unpaired) electrons. The minimum atomic E-state index is 0.505. The molecule has 90 valence electrons. The number of methoxy groups -OCH3 is 1. The maximum atomic E-state index is 5.79. The first-order chi connectivity index (χ1) is 7.63. The lowest BCUT2D eigenvalue weighted by molar-refractivity contribution is 0.205. The Bertz CT molecular complexity index is 345. The Hall–Kier alpha value is -0.430. The molecule has 7 heteroatoms. The van der Waals surface area contributed by atoms with E-state index in [-0.39, 0.29) is 0 Å². The number of hydrogen-bond donors (Lipinski definition) is 1. The van der Waals surface area contributed by atoms with Gasteiger partial charge in [-0.05, 0) is 0 Å². The number of halogens is 1. The van der Waals surface area contributed by atoms with E-state index in [1.165, 1.54) is 11.3 Å². The van der Waals surface area contributed by atoms with Gasteiger partial charge in [-0.25, -0.2) is 4.98 Å². The SMILES string of the molecule is COCCN(CCC(N)=S)c1nc(Cl)cs1. The quantitative estimate of drug-likeness (QED) is 0.773. The summed E-state index contributed by atoms with van der Waals surface area (Å²) in [5.74, 6) is 0. The molecule has 1 aromatic rings. The third-order valence-corrected chi connectivity index (χ3v) is 3.36. The second-order valence-corrected chi connectivity index (χ2v) is 4.90. The Morgan fingerprint density at radius 1 is 1.69 bits per heavy atom. The molecular formula is C9H14ClN3OS2. The molecule has 0 spiro atoms. The van der Waals surface area contributed by atoms with Crippen LogP contribution >= 0.6 is 35.2 Å². The van der Waals surface area contributed by atoms with Gasteiger partial charge in [-0.15, -0.1) is 11.3 Å². The highest BCUT2D eigenvalue weighted by molar-refractivity contribution is 7.80. The van der Waals surface area contributed by atoms with Crippen LogP contribution in [0.4, 0.5) is 5.13 Å². The molecule has 0 fully saturated rings. The lowest BCUT2D eigenvalue weighted by Gasteiger charge is -2.20. The standard InChI is InChI=1S/C9H14ClN3OS2/c1-14-5-4-13(3-2-8(11)15)9-12-7(10)6-16-9/h6H,2-5H2,1H3,(H2,11,15). The number of hydrogen-bond acceptors (Lipinski definition) is 5. The van der Waals surface area contributed by atoms with Crippen LogP contribution in [0.5, 0.6) is 0 Å². The molecule has 0 bridgehead atoms. The van der Waals surface area contributed by atoms with Crippen molar-refractivity contribution >= 4 is 45.3 Å². The highest BCUT2D eigenvalue weighted by Crippen LogP contribution is 2.23. The average Bonchev–Trinajstić information content (AvgIpc) is 2.64. The van der Waals surface area contributed by atoms with Gasteiger partial charge in [-0.2, -0.15) is 0 Å². The molecule has 0 saturated carbocycles. The van der Waals surface area contributed by atoms with Crippen molar-refractivity contribution in [3.8, 4) is 0 Å². The van der Waals surface area contributed by atoms with Crippen LogP contribution in [0, 0.1) is 0 Å². The van der Waals surface area contributed by atoms with E-state index in [0.717, 1.165) is 18.2 Å². The zero-order valence-corrected chi connectivity index (χ0v) is 11.4. The Kier molecular flexibility index (Phi) is 5.97. The number of nitrogens with zero attached hydrogens (tertiary/aromatic N) is 2. The summed E-state index contributed by atoms with van der Waals surface area (Å²) in [6.07, 6.45) is 0.663. The fourth-order valence-electron chi connectivity index (χ4n) is 1.14.